The Labute approximate surface area is 109 Å². The third-order valence-electron chi connectivity index (χ3n) is 2.54. The number of benzene rings is 2. The van der Waals surface area contributed by atoms with Crippen LogP contribution in [0, 0.1) is 5.82 Å². The van der Waals surface area contributed by atoms with E-state index in [1.165, 1.54) is 12.1 Å². The number of hydrogen-bond donors (Lipinski definition) is 1. The molecule has 2 aromatic carbocycles. The highest BCUT2D eigenvalue weighted by molar-refractivity contribution is 6.30. The Kier molecular flexibility index (Phi) is 3.63. The predicted molar refractivity (Wildman–Crippen MR) is 68.2 cm³/mol. The summed E-state index contributed by atoms with van der Waals surface area (Å²) in [7, 11) is 0. The van der Waals surface area contributed by atoms with Crippen LogP contribution in [0.15, 0.2) is 42.5 Å². The van der Waals surface area contributed by atoms with Gasteiger partial charge < -0.3 is 5.11 Å². The lowest BCUT2D eigenvalue weighted by atomic mass is 10.0. The molecule has 18 heavy (non-hydrogen) atoms. The van der Waals surface area contributed by atoms with E-state index in [9.17, 15) is 9.18 Å². The zero-order valence-corrected chi connectivity index (χ0v) is 10.1. The van der Waals surface area contributed by atoms with E-state index < -0.39 is 5.97 Å². The van der Waals surface area contributed by atoms with E-state index in [0.717, 1.165) is 0 Å². The first-order valence-electron chi connectivity index (χ1n) is 5.32. The van der Waals surface area contributed by atoms with E-state index in [0.29, 0.717) is 21.7 Å². The van der Waals surface area contributed by atoms with Crippen LogP contribution in [0.2, 0.25) is 5.02 Å². The molecule has 0 saturated heterocycles. The second kappa shape index (κ2) is 5.19. The van der Waals surface area contributed by atoms with Gasteiger partial charge in [0, 0.05) is 10.6 Å². The third kappa shape index (κ3) is 2.87. The molecule has 92 valence electrons. The molecule has 0 spiro atoms. The minimum Gasteiger partial charge on any atom is -0.481 e. The van der Waals surface area contributed by atoms with Gasteiger partial charge in [-0.05, 0) is 35.4 Å². The normalized spacial score (nSPS) is 10.3. The molecular weight excluding hydrogens is 255 g/mol. The highest BCUT2D eigenvalue weighted by Crippen LogP contribution is 2.25. The number of hydrogen-bond acceptors (Lipinski definition) is 1. The molecule has 2 rings (SSSR count). The van der Waals surface area contributed by atoms with Crippen molar-refractivity contribution in [3.8, 4) is 11.1 Å². The van der Waals surface area contributed by atoms with Crippen LogP contribution in [0.1, 0.15) is 5.56 Å². The second-order valence-corrected chi connectivity index (χ2v) is 4.33. The van der Waals surface area contributed by atoms with Gasteiger partial charge in [0.25, 0.3) is 0 Å². The summed E-state index contributed by atoms with van der Waals surface area (Å²) in [6.07, 6.45) is -0.124. The first-order valence-corrected chi connectivity index (χ1v) is 5.70. The summed E-state index contributed by atoms with van der Waals surface area (Å²) in [5.74, 6) is -1.32. The van der Waals surface area contributed by atoms with Crippen LogP contribution < -0.4 is 0 Å². The van der Waals surface area contributed by atoms with Crippen molar-refractivity contribution in [3.63, 3.8) is 0 Å². The molecule has 0 atom stereocenters. The van der Waals surface area contributed by atoms with Gasteiger partial charge >= 0.3 is 5.97 Å². The average molecular weight is 265 g/mol. The van der Waals surface area contributed by atoms with Crippen molar-refractivity contribution in [2.75, 3.05) is 0 Å². The minimum absolute atomic E-state index is 0.124. The average Bonchev–Trinajstić information content (AvgIpc) is 2.32. The Morgan fingerprint density at radius 3 is 2.44 bits per heavy atom. The van der Waals surface area contributed by atoms with Crippen molar-refractivity contribution >= 4 is 17.6 Å². The summed E-state index contributed by atoms with van der Waals surface area (Å²) in [4.78, 5) is 10.6. The monoisotopic (exact) mass is 264 g/mol. The van der Waals surface area contributed by atoms with Crippen molar-refractivity contribution < 1.29 is 14.3 Å². The van der Waals surface area contributed by atoms with Crippen LogP contribution in [-0.2, 0) is 11.2 Å². The molecule has 0 aliphatic rings. The lowest BCUT2D eigenvalue weighted by molar-refractivity contribution is -0.136. The van der Waals surface area contributed by atoms with E-state index in [1.54, 1.807) is 30.3 Å². The lowest BCUT2D eigenvalue weighted by Gasteiger charge is -2.06. The fourth-order valence-corrected chi connectivity index (χ4v) is 1.83. The van der Waals surface area contributed by atoms with Crippen LogP contribution in [0.3, 0.4) is 0 Å². The van der Waals surface area contributed by atoms with Gasteiger partial charge in [-0.2, -0.15) is 0 Å². The van der Waals surface area contributed by atoms with Crippen LogP contribution in [-0.4, -0.2) is 11.1 Å². The Hall–Kier alpha value is -1.87. The number of halogens is 2. The Morgan fingerprint density at radius 2 is 1.83 bits per heavy atom. The van der Waals surface area contributed by atoms with E-state index >= 15 is 0 Å². The summed E-state index contributed by atoms with van der Waals surface area (Å²) in [5.41, 5.74) is 1.61. The van der Waals surface area contributed by atoms with Gasteiger partial charge in [-0.25, -0.2) is 4.39 Å². The molecule has 0 aromatic heterocycles. The number of carbonyl (C=O) groups is 1. The lowest BCUT2D eigenvalue weighted by Crippen LogP contribution is -2.00. The summed E-state index contributed by atoms with van der Waals surface area (Å²) >= 11 is 5.77. The second-order valence-electron chi connectivity index (χ2n) is 3.89. The first-order chi connectivity index (χ1) is 8.56. The molecule has 0 heterocycles. The van der Waals surface area contributed by atoms with Crippen molar-refractivity contribution in [1.29, 1.82) is 0 Å². The van der Waals surface area contributed by atoms with Crippen molar-refractivity contribution in [3.05, 3.63) is 58.9 Å². The van der Waals surface area contributed by atoms with Gasteiger partial charge in [0.1, 0.15) is 5.82 Å². The smallest absolute Gasteiger partial charge is 0.307 e. The summed E-state index contributed by atoms with van der Waals surface area (Å²) < 4.78 is 13.7. The maximum atomic E-state index is 13.7. The molecule has 0 fully saturated rings. The first kappa shape index (κ1) is 12.6. The Bertz CT molecular complexity index is 579. The zero-order valence-electron chi connectivity index (χ0n) is 9.36. The summed E-state index contributed by atoms with van der Waals surface area (Å²) in [6, 6.07) is 11.0. The molecule has 0 bridgehead atoms. The van der Waals surface area contributed by atoms with E-state index in [2.05, 4.69) is 0 Å². The zero-order chi connectivity index (χ0) is 13.1. The quantitative estimate of drug-likeness (QED) is 0.916. The van der Waals surface area contributed by atoms with Gasteiger partial charge in [-0.3, -0.25) is 4.79 Å². The van der Waals surface area contributed by atoms with Gasteiger partial charge in [0.15, 0.2) is 0 Å². The molecular formula is C14H10ClFO2. The summed E-state index contributed by atoms with van der Waals surface area (Å²) in [6.45, 7) is 0. The van der Waals surface area contributed by atoms with Gasteiger partial charge in [0.2, 0.25) is 0 Å². The maximum absolute atomic E-state index is 13.7. The number of aliphatic carboxylic acids is 1. The summed E-state index contributed by atoms with van der Waals surface area (Å²) in [5, 5.41) is 9.29. The standard InChI is InChI=1S/C14H10ClFO2/c15-11-4-2-10(3-5-11)12-7-9(8-14(17)18)1-6-13(12)16/h1-7H,8H2,(H,17,18). The van der Waals surface area contributed by atoms with E-state index in [1.807, 2.05) is 0 Å². The van der Waals surface area contributed by atoms with Crippen LogP contribution in [0.5, 0.6) is 0 Å². The molecule has 0 radical (unpaired) electrons. The van der Waals surface area contributed by atoms with E-state index in [-0.39, 0.29) is 12.2 Å². The number of rotatable bonds is 3. The Balaban J connectivity index is 2.42. The molecule has 2 aromatic rings. The van der Waals surface area contributed by atoms with Crippen molar-refractivity contribution in [1.82, 2.24) is 0 Å². The van der Waals surface area contributed by atoms with Crippen LogP contribution >= 0.6 is 11.6 Å². The topological polar surface area (TPSA) is 37.3 Å². The molecule has 2 nitrogen and oxygen atoms in total. The molecule has 0 amide bonds. The van der Waals surface area contributed by atoms with Crippen molar-refractivity contribution in [2.45, 2.75) is 6.42 Å². The molecule has 1 N–H and O–H groups in total. The highest BCUT2D eigenvalue weighted by atomic mass is 35.5. The molecule has 0 aliphatic carbocycles. The minimum atomic E-state index is -0.941. The molecule has 0 aliphatic heterocycles. The fourth-order valence-electron chi connectivity index (χ4n) is 1.71. The molecule has 0 unspecified atom stereocenters. The third-order valence-corrected chi connectivity index (χ3v) is 2.79. The maximum Gasteiger partial charge on any atom is 0.307 e. The number of carboxylic acids is 1. The van der Waals surface area contributed by atoms with Crippen LogP contribution in [0.4, 0.5) is 4.39 Å². The van der Waals surface area contributed by atoms with E-state index in [4.69, 9.17) is 16.7 Å². The molecule has 4 heteroatoms. The van der Waals surface area contributed by atoms with Gasteiger partial charge in [-0.15, -0.1) is 0 Å². The Morgan fingerprint density at radius 1 is 1.17 bits per heavy atom. The van der Waals surface area contributed by atoms with Crippen molar-refractivity contribution in [2.24, 2.45) is 0 Å². The highest BCUT2D eigenvalue weighted by Gasteiger charge is 2.08. The SMILES string of the molecule is O=C(O)Cc1ccc(F)c(-c2ccc(Cl)cc2)c1. The van der Waals surface area contributed by atoms with Crippen LogP contribution in [0.25, 0.3) is 11.1 Å². The number of carboxylic acid groups (broad SMARTS) is 1. The van der Waals surface area contributed by atoms with Gasteiger partial charge in [0.05, 0.1) is 6.42 Å². The predicted octanol–water partition coefficient (Wildman–Crippen LogP) is 3.77. The largest absolute Gasteiger partial charge is 0.481 e. The van der Waals surface area contributed by atoms with Gasteiger partial charge in [-0.1, -0.05) is 29.8 Å². The molecule has 0 saturated carbocycles. The fraction of sp³-hybridized carbons (Fsp3) is 0.0714.